The normalized spacial score (nSPS) is 17.7. The Kier molecular flexibility index (Phi) is 7.50. The molecule has 1 fully saturated rings. The molecule has 1 atom stereocenters. The van der Waals surface area contributed by atoms with E-state index in [0.717, 1.165) is 29.7 Å². The number of nitro benzene ring substituents is 1. The number of carbonyl (C=O) groups excluding carboxylic acids is 2. The standard InChI is InChI=1S/C23H24BrN3O6/c1-3-25(4-2)11-12-26-20(15-7-10-18(28)17(13-15)27(32)33)19(22(30)23(26)31)21(29)14-5-8-16(24)9-6-14/h5-10,13,20,28-29H,3-4,11-12H2,1-2H3/b21-19-. The first-order chi connectivity index (χ1) is 15.7. The Morgan fingerprint density at radius 1 is 1.15 bits per heavy atom. The second kappa shape index (κ2) is 10.1. The number of likely N-dealkylation sites (tertiary alicyclic amines) is 1. The number of carbonyl (C=O) groups is 2. The van der Waals surface area contributed by atoms with E-state index in [1.165, 1.54) is 11.0 Å². The monoisotopic (exact) mass is 517 g/mol. The molecule has 1 heterocycles. The van der Waals surface area contributed by atoms with Gasteiger partial charge in [-0.15, -0.1) is 0 Å². The van der Waals surface area contributed by atoms with Gasteiger partial charge in [0.05, 0.1) is 16.5 Å². The Morgan fingerprint density at radius 3 is 2.36 bits per heavy atom. The van der Waals surface area contributed by atoms with Crippen LogP contribution in [0.15, 0.2) is 52.5 Å². The van der Waals surface area contributed by atoms with E-state index in [0.29, 0.717) is 12.1 Å². The first kappa shape index (κ1) is 24.4. The molecular weight excluding hydrogens is 494 g/mol. The van der Waals surface area contributed by atoms with Crippen molar-refractivity contribution >= 4 is 39.1 Å². The zero-order valence-electron chi connectivity index (χ0n) is 18.2. The van der Waals surface area contributed by atoms with E-state index in [1.807, 2.05) is 13.8 Å². The van der Waals surface area contributed by atoms with Gasteiger partial charge in [0.25, 0.3) is 11.7 Å². The quantitative estimate of drug-likeness (QED) is 0.179. The first-order valence-corrected chi connectivity index (χ1v) is 11.2. The molecule has 2 aromatic rings. The Bertz CT molecular complexity index is 1110. The molecule has 33 heavy (non-hydrogen) atoms. The van der Waals surface area contributed by atoms with Crippen molar-refractivity contribution in [2.45, 2.75) is 19.9 Å². The highest BCUT2D eigenvalue weighted by atomic mass is 79.9. The number of aliphatic hydroxyl groups is 1. The topological polar surface area (TPSA) is 124 Å². The van der Waals surface area contributed by atoms with Gasteiger partial charge in [0, 0.05) is 29.2 Å². The summed E-state index contributed by atoms with van der Waals surface area (Å²) < 4.78 is 0.768. The number of benzene rings is 2. The average molecular weight is 518 g/mol. The minimum absolute atomic E-state index is 0.151. The van der Waals surface area contributed by atoms with Crippen LogP contribution in [0.2, 0.25) is 0 Å². The third-order valence-corrected chi connectivity index (χ3v) is 6.25. The first-order valence-electron chi connectivity index (χ1n) is 10.4. The van der Waals surface area contributed by atoms with Gasteiger partial charge in [0.1, 0.15) is 5.76 Å². The van der Waals surface area contributed by atoms with Crippen molar-refractivity contribution in [2.75, 3.05) is 26.2 Å². The minimum atomic E-state index is -1.04. The van der Waals surface area contributed by atoms with E-state index < -0.39 is 34.1 Å². The molecule has 174 valence electrons. The number of hydrogen-bond acceptors (Lipinski definition) is 7. The summed E-state index contributed by atoms with van der Waals surface area (Å²) in [6, 6.07) is 9.22. The highest BCUT2D eigenvalue weighted by Crippen LogP contribution is 2.41. The molecule has 1 saturated heterocycles. The van der Waals surface area contributed by atoms with E-state index in [1.54, 1.807) is 24.3 Å². The zero-order valence-corrected chi connectivity index (χ0v) is 19.8. The van der Waals surface area contributed by atoms with Gasteiger partial charge < -0.3 is 20.0 Å². The summed E-state index contributed by atoms with van der Waals surface area (Å²) in [6.07, 6.45) is 0. The van der Waals surface area contributed by atoms with Gasteiger partial charge in [-0.2, -0.15) is 0 Å². The molecule has 0 bridgehead atoms. The number of ketones is 1. The maximum absolute atomic E-state index is 13.0. The number of halogens is 1. The fourth-order valence-electron chi connectivity index (χ4n) is 3.87. The van der Waals surface area contributed by atoms with Crippen molar-refractivity contribution in [2.24, 2.45) is 0 Å². The molecule has 1 amide bonds. The van der Waals surface area contributed by atoms with Crippen LogP contribution in [-0.2, 0) is 9.59 Å². The molecule has 0 aliphatic carbocycles. The van der Waals surface area contributed by atoms with Gasteiger partial charge in [-0.25, -0.2) is 0 Å². The zero-order chi connectivity index (χ0) is 24.3. The molecule has 9 nitrogen and oxygen atoms in total. The van der Waals surface area contributed by atoms with Crippen molar-refractivity contribution in [1.82, 2.24) is 9.80 Å². The summed E-state index contributed by atoms with van der Waals surface area (Å²) in [5, 5.41) is 32.3. The number of likely N-dealkylation sites (N-methyl/N-ethyl adjacent to an activating group) is 1. The van der Waals surface area contributed by atoms with Crippen molar-refractivity contribution < 1.29 is 24.7 Å². The lowest BCUT2D eigenvalue weighted by Crippen LogP contribution is -2.38. The highest BCUT2D eigenvalue weighted by molar-refractivity contribution is 9.10. The summed E-state index contributed by atoms with van der Waals surface area (Å²) in [5.74, 6) is -2.55. The SMILES string of the molecule is CCN(CC)CCN1C(=O)C(=O)/C(=C(\O)c2ccc(Br)cc2)C1c1ccc(O)c([N+](=O)[O-])c1. The van der Waals surface area contributed by atoms with E-state index in [9.17, 15) is 29.9 Å². The fraction of sp³-hybridized carbons (Fsp3) is 0.304. The number of nitrogens with zero attached hydrogens (tertiary/aromatic N) is 3. The van der Waals surface area contributed by atoms with Gasteiger partial charge in [-0.3, -0.25) is 19.7 Å². The summed E-state index contributed by atoms with van der Waals surface area (Å²) in [6.45, 7) is 6.11. The molecule has 1 aliphatic rings. The van der Waals surface area contributed by atoms with Crippen LogP contribution in [0, 0.1) is 10.1 Å². The summed E-state index contributed by atoms with van der Waals surface area (Å²) in [5.41, 5.74) is -0.123. The summed E-state index contributed by atoms with van der Waals surface area (Å²) in [4.78, 5) is 40.1. The maximum Gasteiger partial charge on any atom is 0.311 e. The van der Waals surface area contributed by atoms with Crippen molar-refractivity contribution in [3.05, 3.63) is 73.8 Å². The van der Waals surface area contributed by atoms with E-state index in [-0.39, 0.29) is 23.4 Å². The summed E-state index contributed by atoms with van der Waals surface area (Å²) in [7, 11) is 0. The Morgan fingerprint density at radius 2 is 1.79 bits per heavy atom. The number of phenols is 1. The molecule has 10 heteroatoms. The van der Waals surface area contributed by atoms with Crippen molar-refractivity contribution in [3.63, 3.8) is 0 Å². The van der Waals surface area contributed by atoms with E-state index in [4.69, 9.17) is 0 Å². The number of phenolic OH excluding ortho intramolecular Hbond substituents is 1. The molecule has 0 spiro atoms. The number of rotatable bonds is 8. The van der Waals surface area contributed by atoms with Gasteiger partial charge >= 0.3 is 5.69 Å². The van der Waals surface area contributed by atoms with Crippen molar-refractivity contribution in [3.8, 4) is 5.75 Å². The van der Waals surface area contributed by atoms with E-state index in [2.05, 4.69) is 20.8 Å². The predicted molar refractivity (Wildman–Crippen MR) is 126 cm³/mol. The number of amides is 1. The molecule has 1 aliphatic heterocycles. The Hall–Kier alpha value is -3.24. The molecule has 2 aromatic carbocycles. The number of Topliss-reactive ketones (excluding diaryl/α,β-unsaturated/α-hetero) is 1. The second-order valence-corrected chi connectivity index (χ2v) is 8.45. The average Bonchev–Trinajstić information content (AvgIpc) is 3.05. The lowest BCUT2D eigenvalue weighted by molar-refractivity contribution is -0.385. The van der Waals surface area contributed by atoms with Crippen LogP contribution in [0.3, 0.4) is 0 Å². The lowest BCUT2D eigenvalue weighted by Gasteiger charge is -2.28. The summed E-state index contributed by atoms with van der Waals surface area (Å²) >= 11 is 3.31. The third kappa shape index (κ3) is 4.91. The highest BCUT2D eigenvalue weighted by Gasteiger charge is 2.46. The molecule has 0 radical (unpaired) electrons. The maximum atomic E-state index is 13.0. The van der Waals surface area contributed by atoms with Gasteiger partial charge in [0.15, 0.2) is 5.75 Å². The molecule has 0 aromatic heterocycles. The fourth-order valence-corrected chi connectivity index (χ4v) is 4.13. The van der Waals surface area contributed by atoms with Crippen LogP contribution in [0.4, 0.5) is 5.69 Å². The lowest BCUT2D eigenvalue weighted by atomic mass is 9.95. The second-order valence-electron chi connectivity index (χ2n) is 7.53. The Balaban J connectivity index is 2.16. The van der Waals surface area contributed by atoms with Crippen LogP contribution in [0.5, 0.6) is 5.75 Å². The number of aromatic hydroxyl groups is 1. The van der Waals surface area contributed by atoms with Crippen LogP contribution < -0.4 is 0 Å². The Labute approximate surface area is 199 Å². The van der Waals surface area contributed by atoms with Gasteiger partial charge in [0.2, 0.25) is 0 Å². The third-order valence-electron chi connectivity index (χ3n) is 5.72. The largest absolute Gasteiger partial charge is 0.507 e. The molecular formula is C23H24BrN3O6. The number of nitro groups is 1. The molecule has 1 unspecified atom stereocenters. The number of hydrogen-bond donors (Lipinski definition) is 2. The van der Waals surface area contributed by atoms with Gasteiger partial charge in [-0.05, 0) is 36.9 Å². The molecule has 3 rings (SSSR count). The van der Waals surface area contributed by atoms with Crippen LogP contribution in [0.1, 0.15) is 31.0 Å². The van der Waals surface area contributed by atoms with Crippen molar-refractivity contribution in [1.29, 1.82) is 0 Å². The van der Waals surface area contributed by atoms with Gasteiger partial charge in [-0.1, -0.05) is 48.0 Å². The molecule has 2 N–H and O–H groups in total. The minimum Gasteiger partial charge on any atom is -0.507 e. The van der Waals surface area contributed by atoms with E-state index >= 15 is 0 Å². The number of aliphatic hydroxyl groups excluding tert-OH is 1. The smallest absolute Gasteiger partial charge is 0.311 e. The molecule has 0 saturated carbocycles. The van der Waals surface area contributed by atoms with Crippen LogP contribution in [-0.4, -0.2) is 62.8 Å². The predicted octanol–water partition coefficient (Wildman–Crippen LogP) is 3.83. The van der Waals surface area contributed by atoms with Crippen LogP contribution in [0.25, 0.3) is 5.76 Å². The van der Waals surface area contributed by atoms with Crippen LogP contribution >= 0.6 is 15.9 Å².